The molecule has 0 atom stereocenters. The summed E-state index contributed by atoms with van der Waals surface area (Å²) in [7, 11) is 3.37. The van der Waals surface area contributed by atoms with Crippen molar-refractivity contribution >= 4 is 11.3 Å². The number of benzene rings is 2. The van der Waals surface area contributed by atoms with Crippen LogP contribution in [-0.4, -0.2) is 19.2 Å². The maximum Gasteiger partial charge on any atom is 0.123 e. The molecule has 0 radical (unpaired) electrons. The van der Waals surface area contributed by atoms with E-state index in [0.29, 0.717) is 0 Å². The first-order chi connectivity index (χ1) is 11.8. The Bertz CT molecular complexity index is 801. The van der Waals surface area contributed by atoms with E-state index in [9.17, 15) is 0 Å². The highest BCUT2D eigenvalue weighted by atomic mass is 32.1. The molecule has 24 heavy (non-hydrogen) atoms. The molecule has 0 saturated carbocycles. The van der Waals surface area contributed by atoms with Crippen molar-refractivity contribution in [3.8, 4) is 21.9 Å². The average Bonchev–Trinajstić information content (AvgIpc) is 3.11. The van der Waals surface area contributed by atoms with Crippen LogP contribution < -0.4 is 14.8 Å². The van der Waals surface area contributed by atoms with Crippen molar-refractivity contribution in [1.29, 1.82) is 0 Å². The average molecular weight is 340 g/mol. The highest BCUT2D eigenvalue weighted by molar-refractivity contribution is 7.15. The third kappa shape index (κ3) is 3.93. The monoisotopic (exact) mass is 340 g/mol. The topological polar surface area (TPSA) is 43.4 Å². The lowest BCUT2D eigenvalue weighted by Crippen LogP contribution is -2.13. The van der Waals surface area contributed by atoms with Gasteiger partial charge in [0.25, 0.3) is 0 Å². The van der Waals surface area contributed by atoms with Gasteiger partial charge in [-0.05, 0) is 23.8 Å². The molecule has 0 aliphatic carbocycles. The molecule has 0 bridgehead atoms. The zero-order valence-corrected chi connectivity index (χ0v) is 14.6. The number of methoxy groups -OCH3 is 2. The molecule has 0 fully saturated rings. The first-order valence-corrected chi connectivity index (χ1v) is 8.53. The number of hydrogen-bond donors (Lipinski definition) is 1. The molecule has 1 heterocycles. The summed E-state index contributed by atoms with van der Waals surface area (Å²) < 4.78 is 10.6. The van der Waals surface area contributed by atoms with E-state index in [1.165, 1.54) is 0 Å². The summed E-state index contributed by atoms with van der Waals surface area (Å²) in [5, 5.41) is 4.48. The number of rotatable bonds is 7. The molecular formula is C19H20N2O2S. The molecule has 1 aromatic heterocycles. The minimum absolute atomic E-state index is 0.729. The Morgan fingerprint density at radius 2 is 1.88 bits per heavy atom. The van der Waals surface area contributed by atoms with Gasteiger partial charge in [0.2, 0.25) is 0 Å². The summed E-state index contributed by atoms with van der Waals surface area (Å²) in [6.45, 7) is 1.48. The predicted molar refractivity (Wildman–Crippen MR) is 97.6 cm³/mol. The largest absolute Gasteiger partial charge is 0.497 e. The minimum atomic E-state index is 0.729. The van der Waals surface area contributed by atoms with Gasteiger partial charge >= 0.3 is 0 Å². The predicted octanol–water partition coefficient (Wildman–Crippen LogP) is 4.12. The van der Waals surface area contributed by atoms with Gasteiger partial charge < -0.3 is 14.8 Å². The van der Waals surface area contributed by atoms with Gasteiger partial charge in [0.1, 0.15) is 16.5 Å². The Kier molecular flexibility index (Phi) is 5.46. The molecule has 3 rings (SSSR count). The number of para-hydroxylation sites is 1. The second kappa shape index (κ2) is 7.95. The van der Waals surface area contributed by atoms with Gasteiger partial charge in [0.15, 0.2) is 0 Å². The normalized spacial score (nSPS) is 10.6. The highest BCUT2D eigenvalue weighted by Gasteiger charge is 2.06. The second-order valence-corrected chi connectivity index (χ2v) is 6.38. The molecule has 0 unspecified atom stereocenters. The summed E-state index contributed by atoms with van der Waals surface area (Å²) >= 11 is 1.69. The van der Waals surface area contributed by atoms with E-state index >= 15 is 0 Å². The lowest BCUT2D eigenvalue weighted by Gasteiger charge is -2.08. The van der Waals surface area contributed by atoms with E-state index < -0.39 is 0 Å². The van der Waals surface area contributed by atoms with Crippen LogP contribution in [0.3, 0.4) is 0 Å². The Balaban J connectivity index is 1.62. The summed E-state index contributed by atoms with van der Waals surface area (Å²) in [5.74, 6) is 1.76. The summed E-state index contributed by atoms with van der Waals surface area (Å²) in [6, 6.07) is 16.1. The number of hydrogen-bond acceptors (Lipinski definition) is 5. The van der Waals surface area contributed by atoms with E-state index in [1.807, 2.05) is 42.6 Å². The molecule has 124 valence electrons. The molecule has 0 aliphatic heterocycles. The molecule has 2 aromatic carbocycles. The van der Waals surface area contributed by atoms with Crippen molar-refractivity contribution in [2.45, 2.75) is 13.1 Å². The molecule has 4 nitrogen and oxygen atoms in total. The zero-order chi connectivity index (χ0) is 16.8. The first-order valence-electron chi connectivity index (χ1n) is 7.72. The van der Waals surface area contributed by atoms with Gasteiger partial charge in [-0.15, -0.1) is 11.3 Å². The van der Waals surface area contributed by atoms with Crippen LogP contribution in [0.5, 0.6) is 11.5 Å². The number of nitrogens with one attached hydrogen (secondary N) is 1. The van der Waals surface area contributed by atoms with E-state index in [2.05, 4.69) is 22.4 Å². The van der Waals surface area contributed by atoms with Crippen LogP contribution in [-0.2, 0) is 13.1 Å². The Hall–Kier alpha value is -2.37. The van der Waals surface area contributed by atoms with Crippen LogP contribution in [0.4, 0.5) is 0 Å². The van der Waals surface area contributed by atoms with Gasteiger partial charge in [0, 0.05) is 24.8 Å². The lowest BCUT2D eigenvalue weighted by atomic mass is 10.2. The van der Waals surface area contributed by atoms with Crippen molar-refractivity contribution in [2.75, 3.05) is 14.2 Å². The zero-order valence-electron chi connectivity index (χ0n) is 13.8. The van der Waals surface area contributed by atoms with Gasteiger partial charge in [-0.25, -0.2) is 4.98 Å². The van der Waals surface area contributed by atoms with Gasteiger partial charge in [-0.1, -0.05) is 30.3 Å². The van der Waals surface area contributed by atoms with Crippen molar-refractivity contribution in [1.82, 2.24) is 10.3 Å². The molecule has 0 aliphatic rings. The van der Waals surface area contributed by atoms with Crippen molar-refractivity contribution in [3.63, 3.8) is 0 Å². The van der Waals surface area contributed by atoms with Crippen LogP contribution in [0.1, 0.15) is 10.6 Å². The smallest absolute Gasteiger partial charge is 0.123 e. The number of nitrogens with zero attached hydrogens (tertiary/aromatic N) is 1. The Morgan fingerprint density at radius 1 is 1.00 bits per heavy atom. The SMILES string of the molecule is COc1cccc(-c2cnc(CNCc3ccccc3OC)s2)c1. The number of aromatic nitrogens is 1. The second-order valence-electron chi connectivity index (χ2n) is 5.27. The minimum Gasteiger partial charge on any atom is -0.497 e. The van der Waals surface area contributed by atoms with Crippen LogP contribution in [0, 0.1) is 0 Å². The molecule has 5 heteroatoms. The highest BCUT2D eigenvalue weighted by Crippen LogP contribution is 2.28. The lowest BCUT2D eigenvalue weighted by molar-refractivity contribution is 0.407. The fourth-order valence-electron chi connectivity index (χ4n) is 2.45. The molecule has 3 aromatic rings. The van der Waals surface area contributed by atoms with E-state index in [4.69, 9.17) is 9.47 Å². The number of thiazole rings is 1. The molecule has 0 amide bonds. The third-order valence-corrected chi connectivity index (χ3v) is 4.74. The van der Waals surface area contributed by atoms with E-state index in [-0.39, 0.29) is 0 Å². The molecule has 0 spiro atoms. The molecule has 1 N–H and O–H groups in total. The summed E-state index contributed by atoms with van der Waals surface area (Å²) in [5.41, 5.74) is 2.27. The van der Waals surface area contributed by atoms with Crippen LogP contribution >= 0.6 is 11.3 Å². The third-order valence-electron chi connectivity index (χ3n) is 3.69. The van der Waals surface area contributed by atoms with Crippen LogP contribution in [0.2, 0.25) is 0 Å². The standard InChI is InChI=1S/C19H20N2O2S/c1-22-16-8-5-7-14(10-16)18-12-21-19(24-18)13-20-11-15-6-3-4-9-17(15)23-2/h3-10,12,20H,11,13H2,1-2H3. The fraction of sp³-hybridized carbons (Fsp3) is 0.211. The molecular weight excluding hydrogens is 320 g/mol. The Morgan fingerprint density at radius 3 is 2.71 bits per heavy atom. The van der Waals surface area contributed by atoms with Crippen molar-refractivity contribution in [3.05, 3.63) is 65.3 Å². The first kappa shape index (κ1) is 16.5. The van der Waals surface area contributed by atoms with Gasteiger partial charge in [-0.2, -0.15) is 0 Å². The van der Waals surface area contributed by atoms with Gasteiger partial charge in [0.05, 0.1) is 19.1 Å². The summed E-state index contributed by atoms with van der Waals surface area (Å²) in [6.07, 6.45) is 1.92. The fourth-order valence-corrected chi connectivity index (χ4v) is 3.34. The van der Waals surface area contributed by atoms with Crippen LogP contribution in [0.25, 0.3) is 10.4 Å². The van der Waals surface area contributed by atoms with Crippen molar-refractivity contribution in [2.24, 2.45) is 0 Å². The maximum atomic E-state index is 5.37. The molecule has 0 saturated heterocycles. The van der Waals surface area contributed by atoms with Gasteiger partial charge in [-0.3, -0.25) is 0 Å². The summed E-state index contributed by atoms with van der Waals surface area (Å²) in [4.78, 5) is 5.65. The van der Waals surface area contributed by atoms with E-state index in [0.717, 1.165) is 45.6 Å². The van der Waals surface area contributed by atoms with E-state index in [1.54, 1.807) is 25.6 Å². The maximum absolute atomic E-state index is 5.37. The van der Waals surface area contributed by atoms with Crippen LogP contribution in [0.15, 0.2) is 54.7 Å². The Labute approximate surface area is 146 Å². The number of ether oxygens (including phenoxy) is 2. The van der Waals surface area contributed by atoms with Crippen molar-refractivity contribution < 1.29 is 9.47 Å². The quantitative estimate of drug-likeness (QED) is 0.703.